The Labute approximate surface area is 140 Å². The molecule has 0 fully saturated rings. The predicted molar refractivity (Wildman–Crippen MR) is 90.5 cm³/mol. The summed E-state index contributed by atoms with van der Waals surface area (Å²) in [6.45, 7) is 0.164. The normalized spacial score (nSPS) is 10.8. The van der Waals surface area contributed by atoms with Crippen molar-refractivity contribution in [1.82, 2.24) is 24.6 Å². The van der Waals surface area contributed by atoms with Gasteiger partial charge in [-0.05, 0) is 11.4 Å². The van der Waals surface area contributed by atoms with Crippen molar-refractivity contribution in [3.05, 3.63) is 33.7 Å². The molecule has 0 spiro atoms. The summed E-state index contributed by atoms with van der Waals surface area (Å²) in [7, 11) is 4.84. The molecule has 0 radical (unpaired) electrons. The molecule has 24 heavy (non-hydrogen) atoms. The van der Waals surface area contributed by atoms with Crippen LogP contribution in [0.4, 0.5) is 10.6 Å². The largest absolute Gasteiger partial charge is 0.481 e. The third-order valence-corrected chi connectivity index (χ3v) is 4.28. The number of H-pyrrole nitrogens is 1. The molecule has 0 aliphatic heterocycles. The Bertz CT molecular complexity index is 944. The number of aryl methyl sites for hydroxylation is 1. The van der Waals surface area contributed by atoms with Crippen LogP contribution in [0, 0.1) is 0 Å². The number of thiophene rings is 1. The Morgan fingerprint density at radius 1 is 1.54 bits per heavy atom. The summed E-state index contributed by atoms with van der Waals surface area (Å²) in [6, 6.07) is 3.02. The van der Waals surface area contributed by atoms with Gasteiger partial charge in [0.15, 0.2) is 5.82 Å². The summed E-state index contributed by atoms with van der Waals surface area (Å²) in [5, 5.41) is 8.59. The van der Waals surface area contributed by atoms with Crippen molar-refractivity contribution in [3.8, 4) is 5.88 Å². The smallest absolute Gasteiger partial charge is 0.323 e. The molecule has 0 saturated heterocycles. The quantitative estimate of drug-likeness (QED) is 0.741. The molecule has 3 rings (SSSR count). The first-order valence-corrected chi connectivity index (χ1v) is 7.92. The molecule has 3 aromatic rings. The predicted octanol–water partition coefficient (Wildman–Crippen LogP) is 1.39. The van der Waals surface area contributed by atoms with Crippen LogP contribution >= 0.6 is 11.3 Å². The topological polar surface area (TPSA) is 105 Å². The zero-order valence-corrected chi connectivity index (χ0v) is 14.2. The van der Waals surface area contributed by atoms with Crippen molar-refractivity contribution >= 4 is 33.4 Å². The number of hydrogen-bond acceptors (Lipinski definition) is 6. The van der Waals surface area contributed by atoms with Gasteiger partial charge in [-0.2, -0.15) is 5.10 Å². The number of nitrogens with one attached hydrogen (secondary N) is 2. The van der Waals surface area contributed by atoms with Gasteiger partial charge in [0.1, 0.15) is 10.5 Å². The number of nitrogens with zero attached hydrogens (tertiary/aromatic N) is 4. The first-order chi connectivity index (χ1) is 11.5. The van der Waals surface area contributed by atoms with E-state index in [2.05, 4.69) is 20.4 Å². The van der Waals surface area contributed by atoms with Crippen molar-refractivity contribution < 1.29 is 9.53 Å². The van der Waals surface area contributed by atoms with Gasteiger partial charge in [-0.3, -0.25) is 10.1 Å². The van der Waals surface area contributed by atoms with E-state index in [1.165, 1.54) is 28.0 Å². The Morgan fingerprint density at radius 2 is 2.33 bits per heavy atom. The number of carbonyl (C=O) groups excluding carboxylic acids is 1. The number of rotatable bonds is 4. The third-order valence-electron chi connectivity index (χ3n) is 3.38. The molecule has 9 nitrogen and oxygen atoms in total. The van der Waals surface area contributed by atoms with Crippen molar-refractivity contribution in [3.63, 3.8) is 0 Å². The monoisotopic (exact) mass is 348 g/mol. The summed E-state index contributed by atoms with van der Waals surface area (Å²) in [5.74, 6) is 1.32. The highest BCUT2D eigenvalue weighted by Gasteiger charge is 2.14. The Balaban J connectivity index is 1.71. The molecule has 0 bridgehead atoms. The lowest BCUT2D eigenvalue weighted by Gasteiger charge is -2.16. The fourth-order valence-electron chi connectivity index (χ4n) is 2.20. The second kappa shape index (κ2) is 6.32. The van der Waals surface area contributed by atoms with Gasteiger partial charge in [-0.15, -0.1) is 11.3 Å². The van der Waals surface area contributed by atoms with Crippen LogP contribution in [0.2, 0.25) is 0 Å². The van der Waals surface area contributed by atoms with Gasteiger partial charge in [0, 0.05) is 20.2 Å². The van der Waals surface area contributed by atoms with Crippen LogP contribution < -0.4 is 15.6 Å². The number of aromatic amines is 1. The zero-order chi connectivity index (χ0) is 17.3. The van der Waals surface area contributed by atoms with Gasteiger partial charge >= 0.3 is 6.03 Å². The number of methoxy groups -OCH3 is 1. The molecule has 2 N–H and O–H groups in total. The van der Waals surface area contributed by atoms with Gasteiger partial charge in [-0.1, -0.05) is 0 Å². The van der Waals surface area contributed by atoms with Crippen LogP contribution in [0.15, 0.2) is 22.3 Å². The summed E-state index contributed by atoms with van der Waals surface area (Å²) < 4.78 is 7.19. The number of anilines is 1. The van der Waals surface area contributed by atoms with E-state index in [0.717, 1.165) is 0 Å². The number of amides is 2. The van der Waals surface area contributed by atoms with E-state index < -0.39 is 0 Å². The minimum absolute atomic E-state index is 0.164. The number of aromatic nitrogens is 4. The van der Waals surface area contributed by atoms with Crippen LogP contribution in [0.1, 0.15) is 5.82 Å². The van der Waals surface area contributed by atoms with E-state index in [9.17, 15) is 9.59 Å². The van der Waals surface area contributed by atoms with E-state index in [1.807, 2.05) is 5.38 Å². The molecule has 0 aliphatic rings. The van der Waals surface area contributed by atoms with E-state index in [4.69, 9.17) is 4.74 Å². The summed E-state index contributed by atoms with van der Waals surface area (Å²) in [4.78, 5) is 32.6. The maximum Gasteiger partial charge on any atom is 0.323 e. The average Bonchev–Trinajstić information content (AvgIpc) is 3.13. The number of ether oxygens (including phenoxy) is 1. The Morgan fingerprint density at radius 3 is 3.04 bits per heavy atom. The molecule has 10 heteroatoms. The van der Waals surface area contributed by atoms with E-state index in [1.54, 1.807) is 26.2 Å². The highest BCUT2D eigenvalue weighted by atomic mass is 32.1. The molecule has 0 unspecified atom stereocenters. The molecule has 0 saturated carbocycles. The SMILES string of the molecule is COc1cc(NC(=O)N(C)Cc2nc3ccsc3c(=O)[nH]2)nn1C. The van der Waals surface area contributed by atoms with Crippen molar-refractivity contribution in [2.75, 3.05) is 19.5 Å². The number of fused-ring (bicyclic) bond motifs is 1. The minimum atomic E-state index is -0.371. The second-order valence-electron chi connectivity index (χ2n) is 5.13. The van der Waals surface area contributed by atoms with Crippen molar-refractivity contribution in [2.24, 2.45) is 7.05 Å². The van der Waals surface area contributed by atoms with Crippen LogP contribution in [-0.4, -0.2) is 44.8 Å². The molecule has 3 aromatic heterocycles. The molecule has 126 valence electrons. The number of carbonyl (C=O) groups is 1. The zero-order valence-electron chi connectivity index (χ0n) is 13.4. The van der Waals surface area contributed by atoms with Gasteiger partial charge in [0.25, 0.3) is 5.56 Å². The van der Waals surface area contributed by atoms with Crippen LogP contribution in [0.3, 0.4) is 0 Å². The number of hydrogen-bond donors (Lipinski definition) is 2. The first kappa shape index (κ1) is 16.0. The lowest BCUT2D eigenvalue weighted by Crippen LogP contribution is -2.32. The van der Waals surface area contributed by atoms with Gasteiger partial charge < -0.3 is 14.6 Å². The molecular weight excluding hydrogens is 332 g/mol. The standard InChI is InChI=1S/C14H16N6O3S/c1-19(14(22)17-9-6-11(23-3)20(2)18-9)7-10-15-8-4-5-24-12(8)13(21)16-10/h4-6H,7H2,1-3H3,(H,15,16,21)(H,17,18,22). The molecule has 0 aromatic carbocycles. The molecule has 0 atom stereocenters. The van der Waals surface area contributed by atoms with Crippen LogP contribution in [0.25, 0.3) is 10.2 Å². The molecular formula is C14H16N6O3S. The second-order valence-corrected chi connectivity index (χ2v) is 6.05. The minimum Gasteiger partial charge on any atom is -0.481 e. The van der Waals surface area contributed by atoms with Crippen LogP contribution in [0.5, 0.6) is 5.88 Å². The fourth-order valence-corrected chi connectivity index (χ4v) is 2.93. The summed E-state index contributed by atoms with van der Waals surface area (Å²) in [6.07, 6.45) is 0. The number of urea groups is 1. The van der Waals surface area contributed by atoms with E-state index >= 15 is 0 Å². The van der Waals surface area contributed by atoms with Gasteiger partial charge in [-0.25, -0.2) is 14.5 Å². The Kier molecular flexibility index (Phi) is 4.21. The summed E-state index contributed by atoms with van der Waals surface area (Å²) >= 11 is 1.33. The van der Waals surface area contributed by atoms with Gasteiger partial charge in [0.2, 0.25) is 5.88 Å². The maximum absolute atomic E-state index is 12.2. The van der Waals surface area contributed by atoms with E-state index in [0.29, 0.717) is 27.7 Å². The first-order valence-electron chi connectivity index (χ1n) is 7.04. The maximum atomic E-state index is 12.2. The van der Waals surface area contributed by atoms with Crippen molar-refractivity contribution in [2.45, 2.75) is 6.54 Å². The van der Waals surface area contributed by atoms with Gasteiger partial charge in [0.05, 0.1) is 19.2 Å². The molecule has 0 aliphatic carbocycles. The lowest BCUT2D eigenvalue weighted by molar-refractivity contribution is 0.219. The Hall–Kier alpha value is -2.88. The third kappa shape index (κ3) is 3.08. The van der Waals surface area contributed by atoms with E-state index in [-0.39, 0.29) is 18.1 Å². The molecule has 2 amide bonds. The fraction of sp³-hybridized carbons (Fsp3) is 0.286. The summed E-state index contributed by atoms with van der Waals surface area (Å²) in [5.41, 5.74) is 0.426. The highest BCUT2D eigenvalue weighted by Crippen LogP contribution is 2.16. The lowest BCUT2D eigenvalue weighted by atomic mass is 10.4. The average molecular weight is 348 g/mol. The van der Waals surface area contributed by atoms with Crippen molar-refractivity contribution in [1.29, 1.82) is 0 Å². The highest BCUT2D eigenvalue weighted by molar-refractivity contribution is 7.17. The van der Waals surface area contributed by atoms with Crippen LogP contribution in [-0.2, 0) is 13.6 Å². The molecule has 3 heterocycles.